The lowest BCUT2D eigenvalue weighted by molar-refractivity contribution is 0.410. The zero-order valence-corrected chi connectivity index (χ0v) is 13.2. The van der Waals surface area contributed by atoms with Gasteiger partial charge in [-0.3, -0.25) is 4.98 Å². The molecule has 4 heteroatoms. The summed E-state index contributed by atoms with van der Waals surface area (Å²) in [5.74, 6) is 0.216. The summed E-state index contributed by atoms with van der Waals surface area (Å²) in [6.45, 7) is 5.03. The molecule has 20 heavy (non-hydrogen) atoms. The van der Waals surface area contributed by atoms with Crippen molar-refractivity contribution in [1.82, 2.24) is 10.3 Å². The molecule has 0 amide bonds. The van der Waals surface area contributed by atoms with Crippen LogP contribution in [0.4, 0.5) is 4.39 Å². The Bertz CT molecular complexity index is 555. The van der Waals surface area contributed by atoms with Crippen LogP contribution >= 0.6 is 15.9 Å². The van der Waals surface area contributed by atoms with E-state index in [2.05, 4.69) is 40.1 Å². The number of rotatable bonds is 5. The summed E-state index contributed by atoms with van der Waals surface area (Å²) < 4.78 is 14.0. The minimum atomic E-state index is -0.201. The Kier molecular flexibility index (Phi) is 5.26. The molecule has 2 nitrogen and oxygen atoms in total. The van der Waals surface area contributed by atoms with Crippen LogP contribution in [-0.2, 0) is 6.54 Å². The first-order chi connectivity index (χ1) is 9.56. The average molecular weight is 337 g/mol. The highest BCUT2D eigenvalue weighted by Crippen LogP contribution is 2.22. The smallest absolute Gasteiger partial charge is 0.123 e. The maximum atomic E-state index is 13.0. The van der Waals surface area contributed by atoms with Crippen LogP contribution in [0.3, 0.4) is 0 Å². The van der Waals surface area contributed by atoms with Crippen LogP contribution in [0.15, 0.2) is 47.2 Å². The van der Waals surface area contributed by atoms with Crippen molar-refractivity contribution in [3.63, 3.8) is 0 Å². The van der Waals surface area contributed by atoms with E-state index in [0.29, 0.717) is 5.92 Å². The lowest BCUT2D eigenvalue weighted by atomic mass is 9.96. The fourth-order valence-electron chi connectivity index (χ4n) is 2.19. The quantitative estimate of drug-likeness (QED) is 0.871. The van der Waals surface area contributed by atoms with E-state index in [1.165, 1.54) is 12.1 Å². The molecular formula is C16H18BrFN2. The summed E-state index contributed by atoms with van der Waals surface area (Å²) in [7, 11) is 0. The number of aromatic nitrogens is 1. The molecule has 2 aromatic rings. The molecule has 1 aromatic carbocycles. The van der Waals surface area contributed by atoms with Gasteiger partial charge in [0, 0.05) is 29.5 Å². The van der Waals surface area contributed by atoms with Crippen molar-refractivity contribution in [1.29, 1.82) is 0 Å². The predicted molar refractivity (Wildman–Crippen MR) is 82.8 cm³/mol. The molecular weight excluding hydrogens is 319 g/mol. The van der Waals surface area contributed by atoms with Crippen LogP contribution in [0.1, 0.15) is 31.0 Å². The third-order valence-corrected chi connectivity index (χ3v) is 3.62. The van der Waals surface area contributed by atoms with Gasteiger partial charge in [-0.2, -0.15) is 0 Å². The van der Waals surface area contributed by atoms with Gasteiger partial charge in [0.25, 0.3) is 0 Å². The molecule has 2 rings (SSSR count). The maximum absolute atomic E-state index is 13.0. The normalized spacial score (nSPS) is 12.7. The Morgan fingerprint density at radius 3 is 2.50 bits per heavy atom. The van der Waals surface area contributed by atoms with E-state index in [1.54, 1.807) is 6.20 Å². The van der Waals surface area contributed by atoms with E-state index in [0.717, 1.165) is 22.1 Å². The van der Waals surface area contributed by atoms with E-state index in [4.69, 9.17) is 0 Å². The highest BCUT2D eigenvalue weighted by molar-refractivity contribution is 9.10. The first-order valence-corrected chi connectivity index (χ1v) is 7.44. The highest BCUT2D eigenvalue weighted by atomic mass is 79.9. The van der Waals surface area contributed by atoms with Crippen molar-refractivity contribution >= 4 is 15.9 Å². The molecule has 1 atom stereocenters. The Labute approximate surface area is 127 Å². The molecule has 1 heterocycles. The second-order valence-corrected chi connectivity index (χ2v) is 6.08. The van der Waals surface area contributed by atoms with Gasteiger partial charge in [-0.15, -0.1) is 0 Å². The number of benzene rings is 1. The van der Waals surface area contributed by atoms with Crippen molar-refractivity contribution < 1.29 is 4.39 Å². The van der Waals surface area contributed by atoms with Gasteiger partial charge < -0.3 is 5.32 Å². The van der Waals surface area contributed by atoms with Gasteiger partial charge in [0.1, 0.15) is 5.82 Å². The average Bonchev–Trinajstić information content (AvgIpc) is 2.41. The number of pyridine rings is 1. The molecule has 0 aliphatic carbocycles. The van der Waals surface area contributed by atoms with Gasteiger partial charge in [-0.05, 0) is 51.2 Å². The topological polar surface area (TPSA) is 24.9 Å². The number of hydrogen-bond donors (Lipinski definition) is 1. The molecule has 106 valence electrons. The van der Waals surface area contributed by atoms with Crippen molar-refractivity contribution in [3.05, 3.63) is 64.1 Å². The maximum Gasteiger partial charge on any atom is 0.123 e. The second-order valence-electron chi connectivity index (χ2n) is 5.17. The SMILES string of the molecule is CC(C)C(NCc1cncc(Br)c1)c1ccc(F)cc1. The fraction of sp³-hybridized carbons (Fsp3) is 0.312. The van der Waals surface area contributed by atoms with Crippen molar-refractivity contribution in [3.8, 4) is 0 Å². The van der Waals surface area contributed by atoms with E-state index in [9.17, 15) is 4.39 Å². The Morgan fingerprint density at radius 1 is 1.20 bits per heavy atom. The summed E-state index contributed by atoms with van der Waals surface area (Å²) in [5, 5.41) is 3.52. The summed E-state index contributed by atoms with van der Waals surface area (Å²) in [5.41, 5.74) is 2.22. The third-order valence-electron chi connectivity index (χ3n) is 3.18. The molecule has 1 unspecified atom stereocenters. The first-order valence-electron chi connectivity index (χ1n) is 6.64. The van der Waals surface area contributed by atoms with E-state index in [-0.39, 0.29) is 11.9 Å². The predicted octanol–water partition coefficient (Wildman–Crippen LogP) is 4.47. The Balaban J connectivity index is 2.08. The summed E-state index contributed by atoms with van der Waals surface area (Å²) in [6, 6.07) is 8.93. The standard InChI is InChI=1S/C16H18BrFN2/c1-11(2)16(13-3-5-15(18)6-4-13)20-9-12-7-14(17)10-19-8-12/h3-8,10-11,16,20H,9H2,1-2H3. The zero-order chi connectivity index (χ0) is 14.5. The molecule has 0 fully saturated rings. The molecule has 0 aliphatic rings. The number of halogens is 2. The van der Waals surface area contributed by atoms with Gasteiger partial charge in [0.05, 0.1) is 0 Å². The summed E-state index contributed by atoms with van der Waals surface area (Å²) >= 11 is 3.42. The number of nitrogens with zero attached hydrogens (tertiary/aromatic N) is 1. The zero-order valence-electron chi connectivity index (χ0n) is 11.6. The molecule has 0 saturated carbocycles. The fourth-order valence-corrected chi connectivity index (χ4v) is 2.60. The van der Waals surface area contributed by atoms with Gasteiger partial charge in [-0.25, -0.2) is 4.39 Å². The van der Waals surface area contributed by atoms with Crippen LogP contribution in [0.25, 0.3) is 0 Å². The van der Waals surface area contributed by atoms with Crippen LogP contribution < -0.4 is 5.32 Å². The lowest BCUT2D eigenvalue weighted by Crippen LogP contribution is -2.25. The first kappa shape index (κ1) is 15.1. The minimum Gasteiger partial charge on any atom is -0.306 e. The molecule has 1 aromatic heterocycles. The largest absolute Gasteiger partial charge is 0.306 e. The molecule has 0 radical (unpaired) electrons. The van der Waals surface area contributed by atoms with Crippen molar-refractivity contribution in [2.45, 2.75) is 26.4 Å². The minimum absolute atomic E-state index is 0.189. The van der Waals surface area contributed by atoms with E-state index < -0.39 is 0 Å². The third kappa shape index (κ3) is 4.12. The van der Waals surface area contributed by atoms with Gasteiger partial charge in [-0.1, -0.05) is 26.0 Å². The number of nitrogens with one attached hydrogen (secondary N) is 1. The molecule has 0 spiro atoms. The second kappa shape index (κ2) is 6.95. The van der Waals surface area contributed by atoms with Crippen molar-refractivity contribution in [2.24, 2.45) is 5.92 Å². The number of hydrogen-bond acceptors (Lipinski definition) is 2. The lowest BCUT2D eigenvalue weighted by Gasteiger charge is -2.23. The van der Waals surface area contributed by atoms with Gasteiger partial charge >= 0.3 is 0 Å². The Hall–Kier alpha value is -1.26. The van der Waals surface area contributed by atoms with Crippen LogP contribution in [0, 0.1) is 11.7 Å². The monoisotopic (exact) mass is 336 g/mol. The highest BCUT2D eigenvalue weighted by Gasteiger charge is 2.15. The summed E-state index contributed by atoms with van der Waals surface area (Å²) in [6.07, 6.45) is 3.61. The molecule has 0 saturated heterocycles. The van der Waals surface area contributed by atoms with Crippen molar-refractivity contribution in [2.75, 3.05) is 0 Å². The molecule has 1 N–H and O–H groups in total. The summed E-state index contributed by atoms with van der Waals surface area (Å²) in [4.78, 5) is 4.15. The van der Waals surface area contributed by atoms with Crippen LogP contribution in [-0.4, -0.2) is 4.98 Å². The molecule has 0 bridgehead atoms. The van der Waals surface area contributed by atoms with E-state index >= 15 is 0 Å². The van der Waals surface area contributed by atoms with Crippen LogP contribution in [0.2, 0.25) is 0 Å². The van der Waals surface area contributed by atoms with E-state index in [1.807, 2.05) is 24.4 Å². The van der Waals surface area contributed by atoms with Gasteiger partial charge in [0.15, 0.2) is 0 Å². The Morgan fingerprint density at radius 2 is 1.90 bits per heavy atom. The molecule has 0 aliphatic heterocycles. The van der Waals surface area contributed by atoms with Crippen LogP contribution in [0.5, 0.6) is 0 Å². The van der Waals surface area contributed by atoms with Gasteiger partial charge in [0.2, 0.25) is 0 Å².